The number of hydrogen-bond acceptors (Lipinski definition) is 5. The van der Waals surface area contributed by atoms with Crippen LogP contribution in [0.1, 0.15) is 16.7 Å². The Morgan fingerprint density at radius 2 is 1.71 bits per heavy atom. The molecule has 0 aliphatic carbocycles. The number of carbonyl (C=O) groups is 1. The molecule has 2 N–H and O–H groups in total. The molecule has 6 nitrogen and oxygen atoms in total. The van der Waals surface area contributed by atoms with Crippen molar-refractivity contribution in [3.05, 3.63) is 95.6 Å². The summed E-state index contributed by atoms with van der Waals surface area (Å²) in [7, 11) is 1.54. The van der Waals surface area contributed by atoms with Crippen LogP contribution >= 0.6 is 0 Å². The summed E-state index contributed by atoms with van der Waals surface area (Å²) in [6.45, 7) is 0.0846. The van der Waals surface area contributed by atoms with Gasteiger partial charge in [-0.05, 0) is 29.3 Å². The minimum Gasteiger partial charge on any atom is -0.497 e. The Kier molecular flexibility index (Phi) is 7.05. The first-order chi connectivity index (χ1) is 15.1. The molecule has 3 aromatic rings. The third-order valence-electron chi connectivity index (χ3n) is 4.61. The summed E-state index contributed by atoms with van der Waals surface area (Å²) in [4.78, 5) is 13.1. The van der Waals surface area contributed by atoms with Crippen molar-refractivity contribution in [2.24, 2.45) is 5.10 Å². The van der Waals surface area contributed by atoms with E-state index in [-0.39, 0.29) is 6.61 Å². The van der Waals surface area contributed by atoms with E-state index in [1.807, 2.05) is 12.1 Å². The van der Waals surface area contributed by atoms with Crippen molar-refractivity contribution in [2.75, 3.05) is 13.7 Å². The summed E-state index contributed by atoms with van der Waals surface area (Å²) in [5.74, 6) is 2.78. The van der Waals surface area contributed by atoms with Gasteiger partial charge >= 0.3 is 0 Å². The Hall–Kier alpha value is -4.08. The SMILES string of the molecule is C#CCOc1ccc(OC)cc1/C=N/NC(=O)C(O)(c1ccccc1)c1ccccc1. The van der Waals surface area contributed by atoms with Gasteiger partial charge in [0.2, 0.25) is 0 Å². The number of ether oxygens (including phenoxy) is 2. The topological polar surface area (TPSA) is 80.2 Å². The average molecular weight is 414 g/mol. The highest BCUT2D eigenvalue weighted by molar-refractivity contribution is 5.91. The predicted octanol–water partition coefficient (Wildman–Crippen LogP) is 3.09. The zero-order chi connectivity index (χ0) is 22.1. The van der Waals surface area contributed by atoms with Gasteiger partial charge < -0.3 is 14.6 Å². The quantitative estimate of drug-likeness (QED) is 0.337. The molecule has 0 aliphatic rings. The van der Waals surface area contributed by atoms with Gasteiger partial charge in [0, 0.05) is 5.56 Å². The van der Waals surface area contributed by atoms with E-state index in [4.69, 9.17) is 15.9 Å². The Balaban J connectivity index is 1.89. The van der Waals surface area contributed by atoms with E-state index >= 15 is 0 Å². The molecule has 0 atom stereocenters. The molecule has 3 rings (SSSR count). The fourth-order valence-electron chi connectivity index (χ4n) is 3.03. The third kappa shape index (κ3) is 4.92. The van der Waals surface area contributed by atoms with E-state index in [0.717, 1.165) is 0 Å². The first-order valence-corrected chi connectivity index (χ1v) is 9.51. The lowest BCUT2D eigenvalue weighted by molar-refractivity contribution is -0.136. The van der Waals surface area contributed by atoms with Crippen LogP contribution in [0.3, 0.4) is 0 Å². The molecule has 3 aromatic carbocycles. The van der Waals surface area contributed by atoms with Crippen LogP contribution in [0.5, 0.6) is 11.5 Å². The predicted molar refractivity (Wildman–Crippen MR) is 119 cm³/mol. The lowest BCUT2D eigenvalue weighted by atomic mass is 9.85. The highest BCUT2D eigenvalue weighted by Crippen LogP contribution is 2.30. The Bertz CT molecular complexity index is 1050. The third-order valence-corrected chi connectivity index (χ3v) is 4.61. The molecule has 6 heteroatoms. The van der Waals surface area contributed by atoms with E-state index in [1.54, 1.807) is 73.8 Å². The molecule has 0 heterocycles. The molecular weight excluding hydrogens is 392 g/mol. The van der Waals surface area contributed by atoms with E-state index in [2.05, 4.69) is 16.4 Å². The molecule has 0 radical (unpaired) electrons. The molecule has 0 aromatic heterocycles. The van der Waals surface area contributed by atoms with Crippen molar-refractivity contribution >= 4 is 12.1 Å². The van der Waals surface area contributed by atoms with Crippen molar-refractivity contribution in [1.29, 1.82) is 0 Å². The highest BCUT2D eigenvalue weighted by atomic mass is 16.5. The minimum atomic E-state index is -1.92. The standard InChI is InChI=1S/C25H22N2O4/c1-3-16-31-23-15-14-22(30-2)17-19(23)18-26-27-24(28)25(29,20-10-6-4-7-11-20)21-12-8-5-9-13-21/h1,4-15,17-18,29H,16H2,2H3,(H,27,28)/b26-18+. The van der Waals surface area contributed by atoms with Crippen molar-refractivity contribution in [1.82, 2.24) is 5.43 Å². The van der Waals surface area contributed by atoms with Gasteiger partial charge in [-0.3, -0.25) is 4.79 Å². The first-order valence-electron chi connectivity index (χ1n) is 9.51. The molecule has 1 amide bonds. The van der Waals surface area contributed by atoms with Crippen molar-refractivity contribution in [3.63, 3.8) is 0 Å². The van der Waals surface area contributed by atoms with Gasteiger partial charge in [0.1, 0.15) is 18.1 Å². The molecule has 31 heavy (non-hydrogen) atoms. The maximum absolute atomic E-state index is 13.1. The minimum absolute atomic E-state index is 0.0846. The average Bonchev–Trinajstić information content (AvgIpc) is 2.83. The van der Waals surface area contributed by atoms with Crippen LogP contribution in [0.15, 0.2) is 84.0 Å². The van der Waals surface area contributed by atoms with Crippen molar-refractivity contribution in [2.45, 2.75) is 5.60 Å². The monoisotopic (exact) mass is 414 g/mol. The molecule has 0 spiro atoms. The summed E-state index contributed by atoms with van der Waals surface area (Å²) in [5.41, 5.74) is 1.92. The Morgan fingerprint density at radius 1 is 1.10 bits per heavy atom. The van der Waals surface area contributed by atoms with Gasteiger partial charge in [-0.25, -0.2) is 5.43 Å². The molecule has 0 fully saturated rings. The number of carbonyl (C=O) groups excluding carboxylic acids is 1. The van der Waals surface area contributed by atoms with Gasteiger partial charge in [0.05, 0.1) is 13.3 Å². The summed E-state index contributed by atoms with van der Waals surface area (Å²) in [5, 5.41) is 15.5. The highest BCUT2D eigenvalue weighted by Gasteiger charge is 2.39. The number of hydrazone groups is 1. The summed E-state index contributed by atoms with van der Waals surface area (Å²) in [6.07, 6.45) is 6.67. The number of benzene rings is 3. The van der Waals surface area contributed by atoms with Crippen LogP contribution < -0.4 is 14.9 Å². The molecule has 0 bridgehead atoms. The van der Waals surface area contributed by atoms with E-state index in [1.165, 1.54) is 6.21 Å². The zero-order valence-electron chi connectivity index (χ0n) is 17.0. The zero-order valence-corrected chi connectivity index (χ0v) is 17.0. The second kappa shape index (κ2) is 10.1. The van der Waals surface area contributed by atoms with Gasteiger partial charge in [-0.15, -0.1) is 6.42 Å². The second-order valence-electron chi connectivity index (χ2n) is 6.54. The number of methoxy groups -OCH3 is 1. The Labute approximate surface area is 181 Å². The van der Waals surface area contributed by atoms with Crippen molar-refractivity contribution in [3.8, 4) is 23.8 Å². The second-order valence-corrected chi connectivity index (χ2v) is 6.54. The molecular formula is C25H22N2O4. The Morgan fingerprint density at radius 3 is 2.26 bits per heavy atom. The number of hydrogen-bond donors (Lipinski definition) is 2. The van der Waals surface area contributed by atoms with Crippen LogP contribution in [0, 0.1) is 12.3 Å². The lowest BCUT2D eigenvalue weighted by Gasteiger charge is -2.27. The number of terminal acetylenes is 1. The smallest absolute Gasteiger partial charge is 0.281 e. The number of amides is 1. The maximum atomic E-state index is 13.1. The van der Waals surface area contributed by atoms with Crippen LogP contribution in [-0.4, -0.2) is 30.9 Å². The van der Waals surface area contributed by atoms with Gasteiger partial charge in [-0.1, -0.05) is 66.6 Å². The normalized spacial score (nSPS) is 11.0. The van der Waals surface area contributed by atoms with E-state index in [0.29, 0.717) is 28.2 Å². The number of rotatable bonds is 8. The van der Waals surface area contributed by atoms with Gasteiger partial charge in [0.15, 0.2) is 5.60 Å². The number of nitrogens with zero attached hydrogens (tertiary/aromatic N) is 1. The number of nitrogens with one attached hydrogen (secondary N) is 1. The molecule has 0 saturated heterocycles. The van der Waals surface area contributed by atoms with Crippen LogP contribution in [0.2, 0.25) is 0 Å². The lowest BCUT2D eigenvalue weighted by Crippen LogP contribution is -2.43. The van der Waals surface area contributed by atoms with Gasteiger partial charge in [-0.2, -0.15) is 5.10 Å². The fraction of sp³-hybridized carbons (Fsp3) is 0.120. The summed E-state index contributed by atoms with van der Waals surface area (Å²) >= 11 is 0. The molecule has 0 aliphatic heterocycles. The summed E-state index contributed by atoms with van der Waals surface area (Å²) in [6, 6.07) is 22.5. The van der Waals surface area contributed by atoms with Crippen LogP contribution in [0.25, 0.3) is 0 Å². The largest absolute Gasteiger partial charge is 0.497 e. The first kappa shape index (κ1) is 21.6. The van der Waals surface area contributed by atoms with Crippen LogP contribution in [0.4, 0.5) is 0 Å². The van der Waals surface area contributed by atoms with Crippen molar-refractivity contribution < 1.29 is 19.4 Å². The molecule has 156 valence electrons. The summed E-state index contributed by atoms with van der Waals surface area (Å²) < 4.78 is 10.7. The van der Waals surface area contributed by atoms with Crippen LogP contribution in [-0.2, 0) is 10.4 Å². The van der Waals surface area contributed by atoms with E-state index < -0.39 is 11.5 Å². The maximum Gasteiger partial charge on any atom is 0.281 e. The van der Waals surface area contributed by atoms with Gasteiger partial charge in [0.25, 0.3) is 5.91 Å². The fourth-order valence-corrected chi connectivity index (χ4v) is 3.03. The molecule has 0 saturated carbocycles. The number of aliphatic hydroxyl groups is 1. The molecule has 0 unspecified atom stereocenters. The van der Waals surface area contributed by atoms with E-state index in [9.17, 15) is 9.90 Å².